The molecule has 0 radical (unpaired) electrons. The van der Waals surface area contributed by atoms with Crippen LogP contribution in [0.3, 0.4) is 0 Å². The fourth-order valence-electron chi connectivity index (χ4n) is 1.70. The predicted octanol–water partition coefficient (Wildman–Crippen LogP) is 0.361. The van der Waals surface area contributed by atoms with Crippen LogP contribution < -0.4 is 5.73 Å². The van der Waals surface area contributed by atoms with Gasteiger partial charge in [-0.15, -0.1) is 0 Å². The van der Waals surface area contributed by atoms with Crippen LogP contribution in [0, 0.1) is 0 Å². The Balaban J connectivity index is 2.38. The molecule has 0 bridgehead atoms. The summed E-state index contributed by atoms with van der Waals surface area (Å²) in [6.07, 6.45) is 2.78. The Morgan fingerprint density at radius 3 is 2.86 bits per heavy atom. The van der Waals surface area contributed by atoms with Gasteiger partial charge in [-0.1, -0.05) is 0 Å². The summed E-state index contributed by atoms with van der Waals surface area (Å²) in [5.74, 6) is 0.0713. The van der Waals surface area contributed by atoms with Crippen LogP contribution in [0.4, 0.5) is 0 Å². The van der Waals surface area contributed by atoms with Gasteiger partial charge in [-0.2, -0.15) is 0 Å². The summed E-state index contributed by atoms with van der Waals surface area (Å²) in [7, 11) is 1.78. The molecular formula is C10H20N2O2. The highest BCUT2D eigenvalue weighted by molar-refractivity contribution is 5.80. The van der Waals surface area contributed by atoms with Crippen LogP contribution in [0.2, 0.25) is 0 Å². The van der Waals surface area contributed by atoms with Gasteiger partial charge in [0.25, 0.3) is 5.91 Å². The molecule has 82 valence electrons. The summed E-state index contributed by atoms with van der Waals surface area (Å²) in [5, 5.41) is 0. The summed E-state index contributed by atoms with van der Waals surface area (Å²) in [6.45, 7) is 3.20. The fraction of sp³-hybridized carbons (Fsp3) is 0.900. The van der Waals surface area contributed by atoms with Crippen molar-refractivity contribution in [3.63, 3.8) is 0 Å². The third-order valence-corrected chi connectivity index (χ3v) is 2.39. The molecule has 1 heterocycles. The van der Waals surface area contributed by atoms with Gasteiger partial charge in [0.05, 0.1) is 0 Å². The van der Waals surface area contributed by atoms with Crippen molar-refractivity contribution in [2.45, 2.75) is 38.3 Å². The minimum Gasteiger partial charge on any atom is -0.368 e. The van der Waals surface area contributed by atoms with E-state index in [1.165, 1.54) is 0 Å². The molecule has 1 amide bonds. The van der Waals surface area contributed by atoms with Gasteiger partial charge < -0.3 is 15.4 Å². The summed E-state index contributed by atoms with van der Waals surface area (Å²) in [5.41, 5.74) is 5.63. The standard InChI is InChI=1S/C10H20N2O2/c1-8(11)7-12(2)10(13)9-5-3-4-6-14-9/h8-9H,3-7,11H2,1-2H3. The molecular weight excluding hydrogens is 180 g/mol. The van der Waals surface area contributed by atoms with Crippen LogP contribution in [0.25, 0.3) is 0 Å². The Kier molecular flexibility index (Phi) is 4.35. The molecule has 4 nitrogen and oxygen atoms in total. The number of carbonyl (C=O) groups is 1. The fourth-order valence-corrected chi connectivity index (χ4v) is 1.70. The molecule has 0 aromatic carbocycles. The Labute approximate surface area is 85.4 Å². The van der Waals surface area contributed by atoms with Gasteiger partial charge in [0.15, 0.2) is 0 Å². The van der Waals surface area contributed by atoms with Crippen molar-refractivity contribution in [3.05, 3.63) is 0 Å². The van der Waals surface area contributed by atoms with Gasteiger partial charge in [0, 0.05) is 26.2 Å². The monoisotopic (exact) mass is 200 g/mol. The van der Waals surface area contributed by atoms with E-state index in [1.807, 2.05) is 6.92 Å². The molecule has 2 N–H and O–H groups in total. The predicted molar refractivity (Wildman–Crippen MR) is 54.9 cm³/mol. The molecule has 1 rings (SSSR count). The van der Waals surface area contributed by atoms with Gasteiger partial charge in [-0.3, -0.25) is 4.79 Å². The van der Waals surface area contributed by atoms with Gasteiger partial charge in [-0.25, -0.2) is 0 Å². The van der Waals surface area contributed by atoms with E-state index < -0.39 is 0 Å². The van der Waals surface area contributed by atoms with Gasteiger partial charge >= 0.3 is 0 Å². The average Bonchev–Trinajstić information content (AvgIpc) is 2.17. The Bertz CT molecular complexity index is 189. The van der Waals surface area contributed by atoms with E-state index in [1.54, 1.807) is 11.9 Å². The zero-order chi connectivity index (χ0) is 10.6. The zero-order valence-corrected chi connectivity index (χ0v) is 9.03. The largest absolute Gasteiger partial charge is 0.368 e. The minimum atomic E-state index is -0.229. The topological polar surface area (TPSA) is 55.6 Å². The van der Waals surface area contributed by atoms with Crippen LogP contribution in [-0.2, 0) is 9.53 Å². The molecule has 1 fully saturated rings. The second-order valence-corrected chi connectivity index (χ2v) is 4.05. The van der Waals surface area contributed by atoms with Crippen molar-refractivity contribution in [2.24, 2.45) is 5.73 Å². The lowest BCUT2D eigenvalue weighted by Crippen LogP contribution is -2.44. The van der Waals surface area contributed by atoms with Crippen LogP contribution in [0.15, 0.2) is 0 Å². The van der Waals surface area contributed by atoms with Crippen molar-refractivity contribution >= 4 is 5.91 Å². The Hall–Kier alpha value is -0.610. The lowest BCUT2D eigenvalue weighted by molar-refractivity contribution is -0.145. The number of rotatable bonds is 3. The van der Waals surface area contributed by atoms with Gasteiger partial charge in [0.1, 0.15) is 6.10 Å². The Morgan fingerprint density at radius 1 is 1.64 bits per heavy atom. The molecule has 1 saturated heterocycles. The van der Waals surface area contributed by atoms with Crippen molar-refractivity contribution in [3.8, 4) is 0 Å². The molecule has 1 aliphatic rings. The van der Waals surface area contributed by atoms with Crippen LogP contribution in [0.1, 0.15) is 26.2 Å². The van der Waals surface area contributed by atoms with Crippen molar-refractivity contribution < 1.29 is 9.53 Å². The smallest absolute Gasteiger partial charge is 0.251 e. The zero-order valence-electron chi connectivity index (χ0n) is 9.03. The number of carbonyl (C=O) groups excluding carboxylic acids is 1. The normalized spacial score (nSPS) is 24.4. The maximum atomic E-state index is 11.8. The average molecular weight is 200 g/mol. The van der Waals surface area contributed by atoms with Crippen molar-refractivity contribution in [1.82, 2.24) is 4.90 Å². The number of nitrogens with two attached hydrogens (primary N) is 1. The minimum absolute atomic E-state index is 0.0209. The third kappa shape index (κ3) is 3.27. The summed E-state index contributed by atoms with van der Waals surface area (Å²) >= 11 is 0. The van der Waals surface area contributed by atoms with Crippen LogP contribution in [0.5, 0.6) is 0 Å². The molecule has 0 aromatic heterocycles. The molecule has 4 heteroatoms. The molecule has 0 spiro atoms. The molecule has 2 atom stereocenters. The number of amides is 1. The molecule has 0 aliphatic carbocycles. The molecule has 14 heavy (non-hydrogen) atoms. The van der Waals surface area contributed by atoms with E-state index in [9.17, 15) is 4.79 Å². The molecule has 0 aromatic rings. The summed E-state index contributed by atoms with van der Waals surface area (Å²) < 4.78 is 5.41. The number of hydrogen-bond donors (Lipinski definition) is 1. The lowest BCUT2D eigenvalue weighted by atomic mass is 10.1. The number of nitrogens with zero attached hydrogens (tertiary/aromatic N) is 1. The van der Waals surface area contributed by atoms with Gasteiger partial charge in [-0.05, 0) is 26.2 Å². The second-order valence-electron chi connectivity index (χ2n) is 4.05. The summed E-state index contributed by atoms with van der Waals surface area (Å²) in [4.78, 5) is 13.4. The van der Waals surface area contributed by atoms with E-state index in [-0.39, 0.29) is 18.1 Å². The van der Waals surface area contributed by atoms with Crippen LogP contribution in [-0.4, -0.2) is 43.2 Å². The Morgan fingerprint density at radius 2 is 2.36 bits per heavy atom. The van der Waals surface area contributed by atoms with Crippen molar-refractivity contribution in [2.75, 3.05) is 20.2 Å². The highest BCUT2D eigenvalue weighted by Crippen LogP contribution is 2.14. The van der Waals surface area contributed by atoms with E-state index in [2.05, 4.69) is 0 Å². The SMILES string of the molecule is CC(N)CN(C)C(=O)C1CCCCO1. The van der Waals surface area contributed by atoms with E-state index in [0.29, 0.717) is 13.2 Å². The maximum absolute atomic E-state index is 11.8. The van der Waals surface area contributed by atoms with Gasteiger partial charge in [0.2, 0.25) is 0 Å². The first-order valence-corrected chi connectivity index (χ1v) is 5.23. The highest BCUT2D eigenvalue weighted by Gasteiger charge is 2.24. The van der Waals surface area contributed by atoms with E-state index in [4.69, 9.17) is 10.5 Å². The molecule has 0 saturated carbocycles. The van der Waals surface area contributed by atoms with E-state index >= 15 is 0 Å². The lowest BCUT2D eigenvalue weighted by Gasteiger charge is -2.27. The first-order valence-electron chi connectivity index (χ1n) is 5.23. The first-order chi connectivity index (χ1) is 6.61. The molecule has 1 aliphatic heterocycles. The maximum Gasteiger partial charge on any atom is 0.251 e. The summed E-state index contributed by atoms with van der Waals surface area (Å²) in [6, 6.07) is 0.0209. The highest BCUT2D eigenvalue weighted by atomic mass is 16.5. The third-order valence-electron chi connectivity index (χ3n) is 2.39. The quantitative estimate of drug-likeness (QED) is 0.715. The second kappa shape index (κ2) is 5.32. The van der Waals surface area contributed by atoms with Crippen LogP contribution >= 0.6 is 0 Å². The molecule has 2 unspecified atom stereocenters. The first kappa shape index (κ1) is 11.5. The number of hydrogen-bond acceptors (Lipinski definition) is 3. The van der Waals surface area contributed by atoms with Crippen molar-refractivity contribution in [1.29, 1.82) is 0 Å². The number of likely N-dealkylation sites (N-methyl/N-ethyl adjacent to an activating group) is 1. The van der Waals surface area contributed by atoms with E-state index in [0.717, 1.165) is 19.3 Å². The number of ether oxygens (including phenoxy) is 1.